The van der Waals surface area contributed by atoms with Gasteiger partial charge in [-0.25, -0.2) is 12.8 Å². The number of nitrogen functional groups attached to an aromatic ring is 1. The second kappa shape index (κ2) is 6.20. The molecule has 110 valence electrons. The molecule has 20 heavy (non-hydrogen) atoms. The van der Waals surface area contributed by atoms with Crippen LogP contribution in [0.5, 0.6) is 0 Å². The zero-order valence-electron chi connectivity index (χ0n) is 11.7. The fraction of sp³-hybridized carbons (Fsp3) is 0.462. The number of nitrogens with zero attached hydrogens (tertiary/aromatic N) is 2. The number of hydrogen-bond acceptors (Lipinski definition) is 4. The molecule has 1 aromatic carbocycles. The van der Waals surface area contributed by atoms with Crippen LogP contribution in [0.15, 0.2) is 17.0 Å². The van der Waals surface area contributed by atoms with E-state index in [1.54, 1.807) is 20.8 Å². The van der Waals surface area contributed by atoms with Gasteiger partial charge in [0.25, 0.3) is 0 Å². The summed E-state index contributed by atoms with van der Waals surface area (Å²) >= 11 is 0. The molecule has 5 nitrogen and oxygen atoms in total. The Bertz CT molecular complexity index is 638. The van der Waals surface area contributed by atoms with Gasteiger partial charge in [-0.05, 0) is 31.5 Å². The summed E-state index contributed by atoms with van der Waals surface area (Å²) in [6, 6.07) is 4.19. The van der Waals surface area contributed by atoms with Crippen LogP contribution < -0.4 is 5.73 Å². The number of rotatable bonds is 5. The average Bonchev–Trinajstić information content (AvgIpc) is 2.39. The summed E-state index contributed by atoms with van der Waals surface area (Å²) in [6.45, 7) is 5.02. The highest BCUT2D eigenvalue weighted by Gasteiger charge is 2.28. The van der Waals surface area contributed by atoms with Crippen molar-refractivity contribution in [2.24, 2.45) is 5.92 Å². The van der Waals surface area contributed by atoms with E-state index in [1.807, 2.05) is 6.07 Å². The van der Waals surface area contributed by atoms with Gasteiger partial charge >= 0.3 is 0 Å². The van der Waals surface area contributed by atoms with Gasteiger partial charge in [0.05, 0.1) is 12.0 Å². The molecular formula is C13H18FN3O2S. The zero-order valence-corrected chi connectivity index (χ0v) is 12.5. The van der Waals surface area contributed by atoms with Crippen LogP contribution in [0.25, 0.3) is 0 Å². The summed E-state index contributed by atoms with van der Waals surface area (Å²) in [6.07, 6.45) is 0. The third-order valence-electron chi connectivity index (χ3n) is 2.99. The number of nitriles is 1. The average molecular weight is 299 g/mol. The number of nitrogens with two attached hydrogens (primary N) is 1. The molecule has 0 spiro atoms. The molecule has 2 N–H and O–H groups in total. The highest BCUT2D eigenvalue weighted by atomic mass is 32.2. The molecule has 0 amide bonds. The maximum atomic E-state index is 13.9. The first-order valence-electron chi connectivity index (χ1n) is 6.19. The lowest BCUT2D eigenvalue weighted by atomic mass is 10.2. The molecule has 0 saturated carbocycles. The Morgan fingerprint density at radius 3 is 2.60 bits per heavy atom. The molecule has 0 aromatic heterocycles. The molecule has 1 atom stereocenters. The first-order chi connectivity index (χ1) is 9.23. The predicted octanol–water partition coefficient (Wildman–Crippen LogP) is 1.89. The van der Waals surface area contributed by atoms with Crippen LogP contribution in [0.3, 0.4) is 0 Å². The second-order valence-electron chi connectivity index (χ2n) is 4.63. The van der Waals surface area contributed by atoms with Crippen molar-refractivity contribution < 1.29 is 12.8 Å². The SMILES string of the molecule is CCN(CC(C)C#N)S(=O)(=O)c1cc(N)c(C)cc1F. The molecule has 0 aliphatic rings. The van der Waals surface area contributed by atoms with Gasteiger partial charge < -0.3 is 5.73 Å². The zero-order chi connectivity index (χ0) is 15.5. The number of sulfonamides is 1. The van der Waals surface area contributed by atoms with Crippen LogP contribution in [-0.2, 0) is 10.0 Å². The van der Waals surface area contributed by atoms with Crippen LogP contribution in [0.1, 0.15) is 19.4 Å². The molecule has 0 aliphatic heterocycles. The quantitative estimate of drug-likeness (QED) is 0.841. The summed E-state index contributed by atoms with van der Waals surface area (Å²) in [5.74, 6) is -1.31. The van der Waals surface area contributed by atoms with E-state index in [9.17, 15) is 12.8 Å². The smallest absolute Gasteiger partial charge is 0.246 e. The standard InChI is InChI=1S/C13H18FN3O2S/c1-4-17(8-9(2)7-15)20(18,19)13-6-12(16)10(3)5-11(13)14/h5-6,9H,4,8,16H2,1-3H3. The summed E-state index contributed by atoms with van der Waals surface area (Å²) in [4.78, 5) is -0.451. The van der Waals surface area contributed by atoms with Crippen LogP contribution in [0.2, 0.25) is 0 Å². The van der Waals surface area contributed by atoms with Crippen molar-refractivity contribution >= 4 is 15.7 Å². The van der Waals surface area contributed by atoms with Gasteiger partial charge in [0.1, 0.15) is 10.7 Å². The van der Waals surface area contributed by atoms with E-state index in [0.717, 1.165) is 16.4 Å². The maximum Gasteiger partial charge on any atom is 0.246 e. The lowest BCUT2D eigenvalue weighted by molar-refractivity contribution is 0.397. The minimum atomic E-state index is -4.00. The Morgan fingerprint density at radius 2 is 2.10 bits per heavy atom. The summed E-state index contributed by atoms with van der Waals surface area (Å²) in [5.41, 5.74) is 6.35. The molecule has 1 unspecified atom stereocenters. The predicted molar refractivity (Wildman–Crippen MR) is 74.8 cm³/mol. The van der Waals surface area contributed by atoms with Gasteiger partial charge in [0, 0.05) is 18.8 Å². The summed E-state index contributed by atoms with van der Waals surface area (Å²) in [5, 5.41) is 8.79. The first kappa shape index (κ1) is 16.4. The van der Waals surface area contributed by atoms with Crippen molar-refractivity contribution in [3.63, 3.8) is 0 Å². The lowest BCUT2D eigenvalue weighted by Gasteiger charge is -2.22. The number of aryl methyl sites for hydroxylation is 1. The van der Waals surface area contributed by atoms with Crippen molar-refractivity contribution in [2.75, 3.05) is 18.8 Å². The van der Waals surface area contributed by atoms with Crippen molar-refractivity contribution in [1.82, 2.24) is 4.31 Å². The van der Waals surface area contributed by atoms with Gasteiger partial charge in [-0.2, -0.15) is 9.57 Å². The van der Waals surface area contributed by atoms with Crippen LogP contribution >= 0.6 is 0 Å². The number of anilines is 1. The van der Waals surface area contributed by atoms with Crippen molar-refractivity contribution in [1.29, 1.82) is 5.26 Å². The summed E-state index contributed by atoms with van der Waals surface area (Å²) < 4.78 is 39.8. The van der Waals surface area contributed by atoms with Crippen LogP contribution in [0.4, 0.5) is 10.1 Å². The van der Waals surface area contributed by atoms with Gasteiger partial charge in [-0.15, -0.1) is 0 Å². The Labute approximate surface area is 118 Å². The maximum absolute atomic E-state index is 13.9. The van der Waals surface area contributed by atoms with Crippen molar-refractivity contribution in [3.8, 4) is 6.07 Å². The minimum Gasteiger partial charge on any atom is -0.398 e. The summed E-state index contributed by atoms with van der Waals surface area (Å²) in [7, 11) is -4.00. The van der Waals surface area contributed by atoms with Gasteiger partial charge in [0.2, 0.25) is 10.0 Å². The fourth-order valence-corrected chi connectivity index (χ4v) is 3.37. The topological polar surface area (TPSA) is 87.2 Å². The molecule has 7 heteroatoms. The monoisotopic (exact) mass is 299 g/mol. The molecule has 0 bridgehead atoms. The normalized spacial score (nSPS) is 13.2. The van der Waals surface area contributed by atoms with Crippen LogP contribution in [0, 0.1) is 30.0 Å². The second-order valence-corrected chi connectivity index (χ2v) is 6.53. The molecule has 0 aliphatic carbocycles. The highest BCUT2D eigenvalue weighted by molar-refractivity contribution is 7.89. The van der Waals surface area contributed by atoms with E-state index in [-0.39, 0.29) is 18.8 Å². The third-order valence-corrected chi connectivity index (χ3v) is 4.94. The fourth-order valence-electron chi connectivity index (χ4n) is 1.75. The molecule has 1 aromatic rings. The Hall–Kier alpha value is -1.65. The number of hydrogen-bond donors (Lipinski definition) is 1. The number of halogens is 1. The third kappa shape index (κ3) is 3.26. The van der Waals surface area contributed by atoms with E-state index in [2.05, 4.69) is 0 Å². The largest absolute Gasteiger partial charge is 0.398 e. The van der Waals surface area contributed by atoms with Crippen LogP contribution in [-0.4, -0.2) is 25.8 Å². The molecular weight excluding hydrogens is 281 g/mol. The van der Waals surface area contributed by atoms with E-state index < -0.39 is 26.7 Å². The molecule has 0 radical (unpaired) electrons. The van der Waals surface area contributed by atoms with E-state index in [0.29, 0.717) is 5.56 Å². The Kier molecular flexibility index (Phi) is 5.09. The lowest BCUT2D eigenvalue weighted by Crippen LogP contribution is -2.35. The first-order valence-corrected chi connectivity index (χ1v) is 7.63. The minimum absolute atomic E-state index is 0.0164. The Balaban J connectivity index is 3.28. The van der Waals surface area contributed by atoms with Gasteiger partial charge in [0.15, 0.2) is 0 Å². The van der Waals surface area contributed by atoms with E-state index >= 15 is 0 Å². The van der Waals surface area contributed by atoms with Gasteiger partial charge in [-0.3, -0.25) is 0 Å². The van der Waals surface area contributed by atoms with E-state index in [1.165, 1.54) is 0 Å². The molecule has 0 heterocycles. The highest BCUT2D eigenvalue weighted by Crippen LogP contribution is 2.24. The Morgan fingerprint density at radius 1 is 1.50 bits per heavy atom. The molecule has 0 saturated heterocycles. The molecule has 1 rings (SSSR count). The van der Waals surface area contributed by atoms with Gasteiger partial charge in [-0.1, -0.05) is 6.92 Å². The van der Waals surface area contributed by atoms with E-state index in [4.69, 9.17) is 11.0 Å². The van der Waals surface area contributed by atoms with Crippen molar-refractivity contribution in [3.05, 3.63) is 23.5 Å². The van der Waals surface area contributed by atoms with Crippen molar-refractivity contribution in [2.45, 2.75) is 25.7 Å². The molecule has 0 fully saturated rings. The number of benzene rings is 1.